The monoisotopic (exact) mass is 279 g/mol. The Kier molecular flexibility index (Phi) is 3.75. The summed E-state index contributed by atoms with van der Waals surface area (Å²) in [6, 6.07) is 28.4. The molecule has 0 radical (unpaired) electrons. The Bertz CT molecular complexity index is 641. The van der Waals surface area contributed by atoms with Gasteiger partial charge in [-0.3, -0.25) is 0 Å². The van der Waals surface area contributed by atoms with Crippen LogP contribution in [0.15, 0.2) is 99.6 Å². The molecule has 98 valence electrons. The molecule has 0 spiro atoms. The van der Waals surface area contributed by atoms with Gasteiger partial charge in [0.15, 0.2) is 14.7 Å². The molecule has 0 aromatic heterocycles. The third kappa shape index (κ3) is 2.70. The second-order valence-corrected chi connectivity index (χ2v) is 6.46. The number of benzene rings is 3. The molecule has 1 N–H and O–H groups in total. The standard InChI is InChI=1S/C18H14OS/c19-15-8-7-13-18(14-15)20(16-9-3-1-4-10-16)17-11-5-2-6-12-17/h1-14H/p+1. The van der Waals surface area contributed by atoms with Gasteiger partial charge in [-0.25, -0.2) is 0 Å². The van der Waals surface area contributed by atoms with Gasteiger partial charge >= 0.3 is 0 Å². The fraction of sp³-hybridized carbons (Fsp3) is 0. The first-order valence-corrected chi connectivity index (χ1v) is 7.70. The first-order chi connectivity index (χ1) is 9.84. The number of hydrogen-bond donors (Lipinski definition) is 1. The fourth-order valence-electron chi connectivity index (χ4n) is 2.13. The van der Waals surface area contributed by atoms with Gasteiger partial charge in [-0.2, -0.15) is 0 Å². The van der Waals surface area contributed by atoms with Crippen molar-refractivity contribution in [3.8, 4) is 5.75 Å². The summed E-state index contributed by atoms with van der Waals surface area (Å²) in [6.07, 6.45) is 0. The van der Waals surface area contributed by atoms with Crippen molar-refractivity contribution in [3.63, 3.8) is 0 Å². The Morgan fingerprint density at radius 2 is 1.05 bits per heavy atom. The van der Waals surface area contributed by atoms with Crippen LogP contribution in [0, 0.1) is 0 Å². The Hall–Kier alpha value is -2.19. The molecule has 0 aliphatic carbocycles. The van der Waals surface area contributed by atoms with E-state index in [1.807, 2.05) is 24.3 Å². The Morgan fingerprint density at radius 1 is 0.550 bits per heavy atom. The Labute approximate surface area is 121 Å². The summed E-state index contributed by atoms with van der Waals surface area (Å²) in [7, 11) is -0.185. The van der Waals surface area contributed by atoms with Crippen molar-refractivity contribution in [2.45, 2.75) is 14.7 Å². The zero-order valence-corrected chi connectivity index (χ0v) is 11.8. The molecule has 2 heteroatoms. The topological polar surface area (TPSA) is 20.2 Å². The molecule has 3 rings (SSSR count). The lowest BCUT2D eigenvalue weighted by Crippen LogP contribution is -2.04. The summed E-state index contributed by atoms with van der Waals surface area (Å²) in [5.41, 5.74) is 0. The van der Waals surface area contributed by atoms with Gasteiger partial charge in [-0.1, -0.05) is 42.5 Å². The van der Waals surface area contributed by atoms with Crippen molar-refractivity contribution in [1.82, 2.24) is 0 Å². The summed E-state index contributed by atoms with van der Waals surface area (Å²) in [4.78, 5) is 3.64. The van der Waals surface area contributed by atoms with Crippen LogP contribution >= 0.6 is 0 Å². The molecule has 0 aliphatic heterocycles. The largest absolute Gasteiger partial charge is 0.508 e. The highest BCUT2D eigenvalue weighted by atomic mass is 32.2. The van der Waals surface area contributed by atoms with Crippen LogP contribution in [0.5, 0.6) is 5.75 Å². The summed E-state index contributed by atoms with van der Waals surface area (Å²) >= 11 is 0. The average Bonchev–Trinajstić information content (AvgIpc) is 2.50. The molecule has 0 atom stereocenters. The summed E-state index contributed by atoms with van der Waals surface area (Å²) in [6.45, 7) is 0. The van der Waals surface area contributed by atoms with E-state index in [4.69, 9.17) is 0 Å². The van der Waals surface area contributed by atoms with E-state index in [0.717, 1.165) is 4.90 Å². The molecule has 0 heterocycles. The molecule has 3 aromatic rings. The van der Waals surface area contributed by atoms with Crippen LogP contribution in [-0.2, 0) is 10.9 Å². The third-order valence-electron chi connectivity index (χ3n) is 3.01. The van der Waals surface area contributed by atoms with Crippen molar-refractivity contribution in [3.05, 3.63) is 84.9 Å². The quantitative estimate of drug-likeness (QED) is 0.700. The van der Waals surface area contributed by atoms with Crippen molar-refractivity contribution >= 4 is 10.9 Å². The normalized spacial score (nSPS) is 10.7. The van der Waals surface area contributed by atoms with E-state index in [1.165, 1.54) is 9.79 Å². The van der Waals surface area contributed by atoms with Gasteiger partial charge in [-0.15, -0.1) is 0 Å². The summed E-state index contributed by atoms with van der Waals surface area (Å²) in [5, 5.41) is 9.76. The lowest BCUT2D eigenvalue weighted by atomic mass is 10.3. The highest BCUT2D eigenvalue weighted by molar-refractivity contribution is 7.97. The van der Waals surface area contributed by atoms with Crippen LogP contribution in [0.4, 0.5) is 0 Å². The molecular weight excluding hydrogens is 264 g/mol. The zero-order valence-electron chi connectivity index (χ0n) is 10.9. The molecule has 0 amide bonds. The van der Waals surface area contributed by atoms with Crippen LogP contribution < -0.4 is 0 Å². The molecule has 3 aromatic carbocycles. The maximum absolute atomic E-state index is 9.76. The van der Waals surface area contributed by atoms with Crippen LogP contribution in [0.3, 0.4) is 0 Å². The minimum absolute atomic E-state index is 0.185. The molecule has 20 heavy (non-hydrogen) atoms. The lowest BCUT2D eigenvalue weighted by molar-refractivity contribution is 0.474. The van der Waals surface area contributed by atoms with Crippen LogP contribution in [0.1, 0.15) is 0 Å². The third-order valence-corrected chi connectivity index (χ3v) is 5.22. The van der Waals surface area contributed by atoms with Crippen molar-refractivity contribution < 1.29 is 5.11 Å². The van der Waals surface area contributed by atoms with Gasteiger partial charge in [0.1, 0.15) is 5.75 Å². The van der Waals surface area contributed by atoms with Crippen LogP contribution in [-0.4, -0.2) is 5.11 Å². The number of phenolic OH excluding ortho intramolecular Hbond substituents is 1. The predicted molar refractivity (Wildman–Crippen MR) is 83.2 cm³/mol. The second-order valence-electron chi connectivity index (χ2n) is 4.43. The van der Waals surface area contributed by atoms with Crippen molar-refractivity contribution in [2.24, 2.45) is 0 Å². The minimum atomic E-state index is -0.185. The minimum Gasteiger partial charge on any atom is -0.508 e. The van der Waals surface area contributed by atoms with Crippen LogP contribution in [0.25, 0.3) is 0 Å². The number of hydrogen-bond acceptors (Lipinski definition) is 1. The smallest absolute Gasteiger partial charge is 0.170 e. The van der Waals surface area contributed by atoms with E-state index in [0.29, 0.717) is 5.75 Å². The van der Waals surface area contributed by atoms with E-state index in [-0.39, 0.29) is 10.9 Å². The van der Waals surface area contributed by atoms with Gasteiger partial charge in [-0.05, 0) is 36.4 Å². The van der Waals surface area contributed by atoms with E-state index >= 15 is 0 Å². The summed E-state index contributed by atoms with van der Waals surface area (Å²) < 4.78 is 0. The average molecular weight is 279 g/mol. The zero-order chi connectivity index (χ0) is 13.8. The number of rotatable bonds is 3. The van der Waals surface area contributed by atoms with Gasteiger partial charge in [0.25, 0.3) is 0 Å². The molecule has 0 aliphatic rings. The molecule has 0 bridgehead atoms. The maximum atomic E-state index is 9.76. The first kappa shape index (κ1) is 12.8. The number of phenols is 1. The fourth-order valence-corrected chi connectivity index (χ4v) is 4.26. The molecule has 0 fully saturated rings. The highest BCUT2D eigenvalue weighted by Crippen LogP contribution is 2.32. The Morgan fingerprint density at radius 3 is 1.55 bits per heavy atom. The van der Waals surface area contributed by atoms with Gasteiger partial charge in [0.2, 0.25) is 0 Å². The van der Waals surface area contributed by atoms with E-state index < -0.39 is 0 Å². The van der Waals surface area contributed by atoms with Crippen molar-refractivity contribution in [2.75, 3.05) is 0 Å². The SMILES string of the molecule is Oc1cccc([S+](c2ccccc2)c2ccccc2)c1. The molecular formula is C18H15OS+. The van der Waals surface area contributed by atoms with Gasteiger partial charge < -0.3 is 5.11 Å². The van der Waals surface area contributed by atoms with Crippen LogP contribution in [0.2, 0.25) is 0 Å². The first-order valence-electron chi connectivity index (χ1n) is 6.48. The molecule has 0 saturated heterocycles. The molecule has 0 saturated carbocycles. The second kappa shape index (κ2) is 5.85. The highest BCUT2D eigenvalue weighted by Gasteiger charge is 2.28. The van der Waals surface area contributed by atoms with E-state index in [1.54, 1.807) is 6.07 Å². The van der Waals surface area contributed by atoms with Crippen molar-refractivity contribution in [1.29, 1.82) is 0 Å². The molecule has 1 nitrogen and oxygen atoms in total. The summed E-state index contributed by atoms with van der Waals surface area (Å²) in [5.74, 6) is 0.312. The predicted octanol–water partition coefficient (Wildman–Crippen LogP) is 4.49. The number of aromatic hydroxyl groups is 1. The van der Waals surface area contributed by atoms with E-state index in [9.17, 15) is 5.11 Å². The van der Waals surface area contributed by atoms with E-state index in [2.05, 4.69) is 54.6 Å². The van der Waals surface area contributed by atoms with Gasteiger partial charge in [0, 0.05) is 6.07 Å². The lowest BCUT2D eigenvalue weighted by Gasteiger charge is -2.07. The van der Waals surface area contributed by atoms with Gasteiger partial charge in [0.05, 0.1) is 10.9 Å². The maximum Gasteiger partial charge on any atom is 0.170 e. The molecule has 0 unspecified atom stereocenters. The Balaban J connectivity index is 2.14.